The summed E-state index contributed by atoms with van der Waals surface area (Å²) in [6.45, 7) is 1.52. The van der Waals surface area contributed by atoms with E-state index < -0.39 is 12.2 Å². The lowest BCUT2D eigenvalue weighted by molar-refractivity contribution is -0.127. The van der Waals surface area contributed by atoms with Gasteiger partial charge in [-0.2, -0.15) is 0 Å². The average Bonchev–Trinajstić information content (AvgIpc) is 2.15. The molecule has 0 aliphatic carbocycles. The van der Waals surface area contributed by atoms with Crippen LogP contribution in [0, 0.1) is 0 Å². The molecule has 1 aromatic carbocycles. The van der Waals surface area contributed by atoms with Crippen molar-refractivity contribution in [2.45, 2.75) is 19.1 Å². The molecule has 1 unspecified atom stereocenters. The van der Waals surface area contributed by atoms with Gasteiger partial charge in [-0.3, -0.25) is 4.79 Å². The predicted octanol–water partition coefficient (Wildman–Crippen LogP) is 1.53. The Morgan fingerprint density at radius 2 is 2.33 bits per heavy atom. The molecule has 4 nitrogen and oxygen atoms in total. The lowest BCUT2D eigenvalue weighted by Crippen LogP contribution is -2.44. The van der Waals surface area contributed by atoms with E-state index in [9.17, 15) is 9.90 Å². The highest BCUT2D eigenvalue weighted by Gasteiger charge is 2.31. The van der Waals surface area contributed by atoms with Crippen molar-refractivity contribution in [2.24, 2.45) is 0 Å². The molecule has 15 heavy (non-hydrogen) atoms. The largest absolute Gasteiger partial charge is 0.476 e. The fourth-order valence-corrected chi connectivity index (χ4v) is 1.78. The van der Waals surface area contributed by atoms with Gasteiger partial charge < -0.3 is 15.2 Å². The smallest absolute Gasteiger partial charge is 0.268 e. The molecule has 1 heterocycles. The van der Waals surface area contributed by atoms with Gasteiger partial charge >= 0.3 is 0 Å². The molecular weight excluding hydrogens is 262 g/mol. The number of anilines is 1. The van der Waals surface area contributed by atoms with E-state index >= 15 is 0 Å². The fraction of sp³-hybridized carbons (Fsp3) is 0.300. The Bertz CT molecular complexity index is 406. The van der Waals surface area contributed by atoms with Crippen LogP contribution in [0.3, 0.4) is 0 Å². The van der Waals surface area contributed by atoms with Crippen molar-refractivity contribution in [3.8, 4) is 5.75 Å². The van der Waals surface area contributed by atoms with E-state index in [0.29, 0.717) is 11.4 Å². The van der Waals surface area contributed by atoms with Crippen molar-refractivity contribution in [3.05, 3.63) is 22.7 Å². The summed E-state index contributed by atoms with van der Waals surface area (Å²) in [5.41, 5.74) is 0.617. The average molecular weight is 272 g/mol. The molecule has 1 amide bonds. The van der Waals surface area contributed by atoms with Gasteiger partial charge in [-0.25, -0.2) is 0 Å². The second-order valence-corrected chi connectivity index (χ2v) is 4.32. The lowest BCUT2D eigenvalue weighted by atomic mass is 10.1. The van der Waals surface area contributed by atoms with Crippen LogP contribution in [0.4, 0.5) is 5.69 Å². The minimum absolute atomic E-state index is 0.324. The molecule has 2 atom stereocenters. The maximum Gasteiger partial charge on any atom is 0.268 e. The van der Waals surface area contributed by atoms with Crippen LogP contribution in [0.25, 0.3) is 0 Å². The Kier molecular flexibility index (Phi) is 2.67. The van der Waals surface area contributed by atoms with Gasteiger partial charge in [-0.15, -0.1) is 0 Å². The third-order valence-electron chi connectivity index (χ3n) is 2.15. The van der Waals surface area contributed by atoms with E-state index in [2.05, 4.69) is 21.2 Å². The summed E-state index contributed by atoms with van der Waals surface area (Å²) in [5.74, 6) is 0.249. The van der Waals surface area contributed by atoms with Crippen molar-refractivity contribution in [1.29, 1.82) is 0 Å². The van der Waals surface area contributed by atoms with Crippen LogP contribution in [0.5, 0.6) is 5.75 Å². The zero-order valence-electron chi connectivity index (χ0n) is 8.03. The first-order valence-corrected chi connectivity index (χ1v) is 5.32. The summed E-state index contributed by atoms with van der Waals surface area (Å²) in [6.07, 6.45) is -1.67. The third-order valence-corrected chi connectivity index (χ3v) is 2.64. The second-order valence-electron chi connectivity index (χ2n) is 3.41. The Labute approximate surface area is 95.4 Å². The van der Waals surface area contributed by atoms with Crippen molar-refractivity contribution >= 4 is 27.5 Å². The third kappa shape index (κ3) is 1.98. The number of fused-ring (bicyclic) bond motifs is 1. The molecule has 2 rings (SSSR count). The molecule has 2 N–H and O–H groups in total. The summed E-state index contributed by atoms with van der Waals surface area (Å²) < 4.78 is 6.24. The van der Waals surface area contributed by atoms with Crippen molar-refractivity contribution < 1.29 is 14.6 Å². The highest BCUT2D eigenvalue weighted by atomic mass is 79.9. The van der Waals surface area contributed by atoms with Gasteiger partial charge in [0, 0.05) is 4.47 Å². The number of hydrogen-bond acceptors (Lipinski definition) is 3. The van der Waals surface area contributed by atoms with Crippen LogP contribution in [-0.4, -0.2) is 23.2 Å². The van der Waals surface area contributed by atoms with Crippen molar-refractivity contribution in [1.82, 2.24) is 0 Å². The topological polar surface area (TPSA) is 58.6 Å². The van der Waals surface area contributed by atoms with Gasteiger partial charge in [0.05, 0.1) is 11.8 Å². The molecule has 80 valence electrons. The molecular formula is C10H10BrNO3. The molecule has 0 aromatic heterocycles. The molecule has 1 aliphatic heterocycles. The van der Waals surface area contributed by atoms with Crippen LogP contribution in [0.1, 0.15) is 6.92 Å². The maximum absolute atomic E-state index is 11.5. The van der Waals surface area contributed by atoms with Crippen molar-refractivity contribution in [2.75, 3.05) is 5.32 Å². The van der Waals surface area contributed by atoms with Gasteiger partial charge in [0.2, 0.25) is 6.10 Å². The second kappa shape index (κ2) is 3.83. The number of hydrogen-bond donors (Lipinski definition) is 2. The number of rotatable bonds is 1. The number of halogens is 1. The first-order chi connectivity index (χ1) is 7.08. The Morgan fingerprint density at radius 1 is 1.60 bits per heavy atom. The molecule has 0 spiro atoms. The van der Waals surface area contributed by atoms with Gasteiger partial charge in [0.15, 0.2) is 0 Å². The summed E-state index contributed by atoms with van der Waals surface area (Å²) in [6, 6.07) is 5.31. The van der Waals surface area contributed by atoms with Gasteiger partial charge in [-0.1, -0.05) is 15.9 Å². The molecule has 1 aliphatic rings. The van der Waals surface area contributed by atoms with Crippen LogP contribution < -0.4 is 10.1 Å². The van der Waals surface area contributed by atoms with E-state index in [0.717, 1.165) is 4.47 Å². The van der Waals surface area contributed by atoms with E-state index in [4.69, 9.17) is 4.74 Å². The first kappa shape index (κ1) is 10.4. The number of aliphatic hydroxyl groups is 1. The fourth-order valence-electron chi connectivity index (χ4n) is 1.41. The van der Waals surface area contributed by atoms with Crippen LogP contribution >= 0.6 is 15.9 Å². The van der Waals surface area contributed by atoms with Crippen molar-refractivity contribution in [3.63, 3.8) is 0 Å². The summed E-state index contributed by atoms with van der Waals surface area (Å²) in [7, 11) is 0. The highest BCUT2D eigenvalue weighted by Crippen LogP contribution is 2.32. The van der Waals surface area contributed by atoms with Gasteiger partial charge in [0.1, 0.15) is 5.75 Å². The number of aliphatic hydroxyl groups excluding tert-OH is 1. The zero-order valence-corrected chi connectivity index (χ0v) is 9.61. The standard InChI is InChI=1S/C10H10BrNO3/c1-5(13)9-10(14)12-7-4-6(11)2-3-8(7)15-9/h2-5,9,13H,1H3,(H,12,14)/t5-,9?/m0/s1. The minimum Gasteiger partial charge on any atom is -0.476 e. The molecule has 0 fully saturated rings. The number of ether oxygens (including phenoxy) is 1. The Hall–Kier alpha value is -1.07. The number of benzene rings is 1. The Morgan fingerprint density at radius 3 is 3.00 bits per heavy atom. The molecule has 0 saturated carbocycles. The monoisotopic (exact) mass is 271 g/mol. The minimum atomic E-state index is -0.835. The number of carbonyl (C=O) groups excluding carboxylic acids is 1. The SMILES string of the molecule is C[C@H](O)C1Oc2ccc(Br)cc2NC1=O. The van der Waals surface area contributed by atoms with Crippen LogP contribution in [0.15, 0.2) is 22.7 Å². The summed E-state index contributed by atoms with van der Waals surface area (Å²) in [4.78, 5) is 11.5. The lowest BCUT2D eigenvalue weighted by Gasteiger charge is -2.27. The number of nitrogens with one attached hydrogen (secondary N) is 1. The van der Waals surface area contributed by atoms with E-state index in [1.54, 1.807) is 12.1 Å². The van der Waals surface area contributed by atoms with E-state index in [1.165, 1.54) is 6.92 Å². The molecule has 0 bridgehead atoms. The molecule has 5 heteroatoms. The Balaban J connectivity index is 2.34. The highest BCUT2D eigenvalue weighted by molar-refractivity contribution is 9.10. The number of carbonyl (C=O) groups is 1. The quantitative estimate of drug-likeness (QED) is 0.815. The molecule has 0 radical (unpaired) electrons. The molecule has 1 aromatic rings. The number of amides is 1. The first-order valence-electron chi connectivity index (χ1n) is 4.53. The van der Waals surface area contributed by atoms with E-state index in [-0.39, 0.29) is 5.91 Å². The zero-order chi connectivity index (χ0) is 11.0. The van der Waals surface area contributed by atoms with Gasteiger partial charge in [0.25, 0.3) is 5.91 Å². The van der Waals surface area contributed by atoms with Crippen LogP contribution in [-0.2, 0) is 4.79 Å². The maximum atomic E-state index is 11.5. The van der Waals surface area contributed by atoms with Gasteiger partial charge in [-0.05, 0) is 25.1 Å². The summed E-state index contributed by atoms with van der Waals surface area (Å²) >= 11 is 3.30. The molecule has 0 saturated heterocycles. The van der Waals surface area contributed by atoms with Crippen LogP contribution in [0.2, 0.25) is 0 Å². The summed E-state index contributed by atoms with van der Waals surface area (Å²) in [5, 5.41) is 12.0. The predicted molar refractivity (Wildman–Crippen MR) is 58.9 cm³/mol. The van der Waals surface area contributed by atoms with E-state index in [1.807, 2.05) is 6.07 Å². The normalized spacial score (nSPS) is 21.3.